The zero-order valence-electron chi connectivity index (χ0n) is 13.2. The first-order chi connectivity index (χ1) is 12.6. The molecule has 0 saturated heterocycles. The third kappa shape index (κ3) is 3.75. The monoisotopic (exact) mass is 371 g/mol. The second-order valence-electron chi connectivity index (χ2n) is 5.11. The molecule has 3 amide bonds. The largest absolute Gasteiger partial charge is 0.342 e. The maximum absolute atomic E-state index is 12.2. The van der Waals surface area contributed by atoms with Gasteiger partial charge in [-0.15, -0.1) is 11.3 Å². The fraction of sp³-hybridized carbons (Fsp3) is 0.0625. The smallest absolute Gasteiger partial charge is 0.290 e. The maximum Gasteiger partial charge on any atom is 0.290 e. The van der Waals surface area contributed by atoms with Crippen molar-refractivity contribution in [1.82, 2.24) is 26.4 Å². The van der Waals surface area contributed by atoms with Crippen molar-refractivity contribution in [2.24, 2.45) is 0 Å². The van der Waals surface area contributed by atoms with Gasteiger partial charge in [-0.05, 0) is 17.5 Å². The number of hydrogen-bond acceptors (Lipinski definition) is 6. The lowest BCUT2D eigenvalue weighted by Gasteiger charge is -2.08. The van der Waals surface area contributed by atoms with Gasteiger partial charge >= 0.3 is 0 Å². The molecule has 2 aromatic heterocycles. The van der Waals surface area contributed by atoms with Crippen LogP contribution in [-0.2, 0) is 4.79 Å². The quantitative estimate of drug-likeness (QED) is 0.486. The molecule has 0 unspecified atom stereocenters. The first-order valence-corrected chi connectivity index (χ1v) is 8.32. The predicted molar refractivity (Wildman–Crippen MR) is 94.6 cm³/mol. The topological polar surface area (TPSA) is 133 Å². The van der Waals surface area contributed by atoms with Crippen LogP contribution < -0.4 is 21.7 Å². The van der Waals surface area contributed by atoms with Crippen LogP contribution in [0.1, 0.15) is 20.2 Å². The molecule has 4 N–H and O–H groups in total. The van der Waals surface area contributed by atoms with Gasteiger partial charge in [0.25, 0.3) is 23.3 Å². The van der Waals surface area contributed by atoms with Gasteiger partial charge in [-0.25, -0.2) is 5.10 Å². The Kier molecular flexibility index (Phi) is 5.04. The van der Waals surface area contributed by atoms with E-state index in [1.807, 2.05) is 0 Å². The standard InChI is InChI=1S/C16H13N5O4S/c22-12(8-17-15(24)11-6-3-7-26-11)18-21-16(25)13-9-4-1-2-5-10(9)14(23)20-19-13/h1-7H,8H2,(H,17,24)(H,18,22)(H,20,23)(H,21,25). The summed E-state index contributed by atoms with van der Waals surface area (Å²) in [6.45, 7) is -0.309. The SMILES string of the molecule is O=C(CNC(=O)c1cccs1)NNC(=O)c1n[nH]c(=O)c2ccccc12. The summed E-state index contributed by atoms with van der Waals surface area (Å²) in [4.78, 5) is 47.9. The van der Waals surface area contributed by atoms with Crippen LogP contribution in [0, 0.1) is 0 Å². The van der Waals surface area contributed by atoms with E-state index < -0.39 is 17.4 Å². The second-order valence-corrected chi connectivity index (χ2v) is 6.06. The molecule has 9 nitrogen and oxygen atoms in total. The minimum absolute atomic E-state index is 0.0388. The predicted octanol–water partition coefficient (Wildman–Crippen LogP) is 0.176. The first kappa shape index (κ1) is 17.3. The van der Waals surface area contributed by atoms with Crippen LogP contribution in [0.5, 0.6) is 0 Å². The first-order valence-electron chi connectivity index (χ1n) is 7.44. The van der Waals surface area contributed by atoms with Crippen molar-refractivity contribution in [2.45, 2.75) is 0 Å². The van der Waals surface area contributed by atoms with Gasteiger partial charge in [0.1, 0.15) is 0 Å². The average Bonchev–Trinajstić information content (AvgIpc) is 3.19. The lowest BCUT2D eigenvalue weighted by Crippen LogP contribution is -2.46. The van der Waals surface area contributed by atoms with E-state index in [0.717, 1.165) is 0 Å². The van der Waals surface area contributed by atoms with E-state index in [2.05, 4.69) is 26.4 Å². The third-order valence-electron chi connectivity index (χ3n) is 3.38. The van der Waals surface area contributed by atoms with Crippen LogP contribution in [-0.4, -0.2) is 34.5 Å². The number of H-pyrrole nitrogens is 1. The highest BCUT2D eigenvalue weighted by Gasteiger charge is 2.15. The third-order valence-corrected chi connectivity index (χ3v) is 4.25. The molecule has 0 saturated carbocycles. The number of benzene rings is 1. The molecule has 0 fully saturated rings. The van der Waals surface area contributed by atoms with Gasteiger partial charge in [0.15, 0.2) is 5.69 Å². The molecule has 0 bridgehead atoms. The molecule has 26 heavy (non-hydrogen) atoms. The van der Waals surface area contributed by atoms with E-state index >= 15 is 0 Å². The van der Waals surface area contributed by atoms with Gasteiger partial charge in [0.2, 0.25) is 0 Å². The highest BCUT2D eigenvalue weighted by molar-refractivity contribution is 7.12. The number of carbonyl (C=O) groups is 3. The van der Waals surface area contributed by atoms with Gasteiger partial charge in [0, 0.05) is 5.39 Å². The van der Waals surface area contributed by atoms with Crippen LogP contribution in [0.2, 0.25) is 0 Å². The summed E-state index contributed by atoms with van der Waals surface area (Å²) in [5.74, 6) is -1.69. The van der Waals surface area contributed by atoms with Crippen LogP contribution in [0.25, 0.3) is 10.8 Å². The zero-order chi connectivity index (χ0) is 18.5. The number of carbonyl (C=O) groups excluding carboxylic acids is 3. The Bertz CT molecular complexity index is 1030. The van der Waals surface area contributed by atoms with Crippen LogP contribution >= 0.6 is 11.3 Å². The summed E-state index contributed by atoms with van der Waals surface area (Å²) in [6.07, 6.45) is 0. The van der Waals surface area contributed by atoms with Crippen molar-refractivity contribution in [2.75, 3.05) is 6.54 Å². The van der Waals surface area contributed by atoms with Crippen molar-refractivity contribution in [1.29, 1.82) is 0 Å². The minimum Gasteiger partial charge on any atom is -0.342 e. The van der Waals surface area contributed by atoms with Crippen molar-refractivity contribution in [3.8, 4) is 0 Å². The Labute approximate surface area is 150 Å². The molecule has 0 spiro atoms. The lowest BCUT2D eigenvalue weighted by molar-refractivity contribution is -0.120. The molecule has 3 aromatic rings. The Morgan fingerprint density at radius 1 is 1.00 bits per heavy atom. The number of fused-ring (bicyclic) bond motifs is 1. The van der Waals surface area contributed by atoms with Crippen LogP contribution in [0.4, 0.5) is 0 Å². The normalized spacial score (nSPS) is 10.3. The van der Waals surface area contributed by atoms with Crippen molar-refractivity contribution in [3.05, 3.63) is 62.7 Å². The molecule has 10 heteroatoms. The zero-order valence-corrected chi connectivity index (χ0v) is 14.1. The molecule has 1 aromatic carbocycles. The molecule has 2 heterocycles. The van der Waals surface area contributed by atoms with Crippen molar-refractivity contribution in [3.63, 3.8) is 0 Å². The number of aromatic nitrogens is 2. The summed E-state index contributed by atoms with van der Waals surface area (Å²) in [5, 5.41) is 10.8. The number of nitrogens with one attached hydrogen (secondary N) is 4. The molecular formula is C16H13N5O4S. The molecule has 0 radical (unpaired) electrons. The van der Waals surface area contributed by atoms with Gasteiger partial charge < -0.3 is 5.32 Å². The van der Waals surface area contributed by atoms with Crippen molar-refractivity contribution < 1.29 is 14.4 Å². The number of hydrogen-bond donors (Lipinski definition) is 4. The number of thiophene rings is 1. The second kappa shape index (κ2) is 7.57. The summed E-state index contributed by atoms with van der Waals surface area (Å²) < 4.78 is 0. The number of aromatic amines is 1. The van der Waals surface area contributed by atoms with Gasteiger partial charge in [-0.3, -0.25) is 30.0 Å². The number of rotatable bonds is 4. The minimum atomic E-state index is -0.699. The molecule has 132 valence electrons. The number of hydrazine groups is 1. The lowest BCUT2D eigenvalue weighted by atomic mass is 10.1. The summed E-state index contributed by atoms with van der Waals surface area (Å²) in [5.41, 5.74) is 3.92. The molecule has 3 rings (SSSR count). The van der Waals surface area contributed by atoms with Crippen LogP contribution in [0.15, 0.2) is 46.6 Å². The van der Waals surface area contributed by atoms with E-state index in [9.17, 15) is 19.2 Å². The van der Waals surface area contributed by atoms with E-state index in [1.54, 1.807) is 41.8 Å². The molecular weight excluding hydrogens is 358 g/mol. The van der Waals surface area contributed by atoms with Crippen LogP contribution in [0.3, 0.4) is 0 Å². The fourth-order valence-corrected chi connectivity index (χ4v) is 2.81. The average molecular weight is 371 g/mol. The Morgan fingerprint density at radius 3 is 2.50 bits per heavy atom. The summed E-state index contributed by atoms with van der Waals surface area (Å²) >= 11 is 1.25. The van der Waals surface area contributed by atoms with E-state index in [0.29, 0.717) is 15.6 Å². The molecule has 0 aliphatic heterocycles. The number of amides is 3. The van der Waals surface area contributed by atoms with Gasteiger partial charge in [-0.1, -0.05) is 24.3 Å². The fourth-order valence-electron chi connectivity index (χ4n) is 2.17. The Balaban J connectivity index is 1.59. The molecule has 0 aliphatic rings. The highest BCUT2D eigenvalue weighted by Crippen LogP contribution is 2.11. The Morgan fingerprint density at radius 2 is 1.77 bits per heavy atom. The van der Waals surface area contributed by atoms with Gasteiger partial charge in [0.05, 0.1) is 16.8 Å². The Hall–Kier alpha value is -3.53. The summed E-state index contributed by atoms with van der Waals surface area (Å²) in [6, 6.07) is 9.82. The van der Waals surface area contributed by atoms with E-state index in [1.165, 1.54) is 11.3 Å². The van der Waals surface area contributed by atoms with Gasteiger partial charge in [-0.2, -0.15) is 5.10 Å². The van der Waals surface area contributed by atoms with E-state index in [4.69, 9.17) is 0 Å². The number of nitrogens with zero attached hydrogens (tertiary/aromatic N) is 1. The highest BCUT2D eigenvalue weighted by atomic mass is 32.1. The molecule has 0 atom stereocenters. The van der Waals surface area contributed by atoms with E-state index in [-0.39, 0.29) is 18.1 Å². The summed E-state index contributed by atoms with van der Waals surface area (Å²) in [7, 11) is 0. The van der Waals surface area contributed by atoms with Crippen molar-refractivity contribution >= 4 is 39.8 Å². The maximum atomic E-state index is 12.2. The molecule has 0 aliphatic carbocycles.